The number of Topliss-reactive ketones (excluding diaryl/α,β-unsaturated/α-hetero) is 1. The number of piperidine rings is 1. The number of fused-ring (bicyclic) bond motifs is 3. The summed E-state index contributed by atoms with van der Waals surface area (Å²) in [6.45, 7) is 4.44. The van der Waals surface area contributed by atoms with Gasteiger partial charge in [0.15, 0.2) is 5.78 Å². The highest BCUT2D eigenvalue weighted by Crippen LogP contribution is 2.54. The van der Waals surface area contributed by atoms with E-state index >= 15 is 0 Å². The van der Waals surface area contributed by atoms with Gasteiger partial charge >= 0.3 is 5.97 Å². The van der Waals surface area contributed by atoms with Gasteiger partial charge in [-0.1, -0.05) is 49.7 Å². The molecule has 0 N–H and O–H groups in total. The topological polar surface area (TPSA) is 68.3 Å². The Bertz CT molecular complexity index is 1200. The third-order valence-corrected chi connectivity index (χ3v) is 8.68. The number of methoxy groups -OCH3 is 3. The minimum absolute atomic E-state index is 0.0569. The molecule has 3 heterocycles. The fourth-order valence-electron chi connectivity index (χ4n) is 6.96. The third kappa shape index (κ3) is 4.00. The van der Waals surface area contributed by atoms with E-state index in [1.54, 1.807) is 14.2 Å². The number of hydrogen-bond donors (Lipinski definition) is 0. The Labute approximate surface area is 219 Å². The molecule has 3 aliphatic heterocycles. The van der Waals surface area contributed by atoms with Gasteiger partial charge in [-0.2, -0.15) is 0 Å². The van der Waals surface area contributed by atoms with Crippen LogP contribution in [0.4, 0.5) is 5.69 Å². The van der Waals surface area contributed by atoms with Gasteiger partial charge in [0.2, 0.25) is 0 Å². The Balaban J connectivity index is 1.61. The molecule has 196 valence electrons. The monoisotopic (exact) mass is 504 g/mol. The molecule has 0 bridgehead atoms. The highest BCUT2D eigenvalue weighted by Gasteiger charge is 2.63. The van der Waals surface area contributed by atoms with Crippen LogP contribution in [0.3, 0.4) is 0 Å². The molecule has 7 heteroatoms. The number of benzene rings is 2. The van der Waals surface area contributed by atoms with Crippen molar-refractivity contribution in [1.82, 2.24) is 4.90 Å². The van der Waals surface area contributed by atoms with Gasteiger partial charge in [0, 0.05) is 25.7 Å². The second kappa shape index (κ2) is 10.2. The van der Waals surface area contributed by atoms with Gasteiger partial charge in [0.25, 0.3) is 0 Å². The first-order chi connectivity index (χ1) is 18.0. The molecule has 37 heavy (non-hydrogen) atoms. The average Bonchev–Trinajstić information content (AvgIpc) is 3.42. The quantitative estimate of drug-likeness (QED) is 0.313. The molecule has 2 aromatic carbocycles. The fourth-order valence-corrected chi connectivity index (χ4v) is 6.96. The molecule has 4 atom stereocenters. The van der Waals surface area contributed by atoms with E-state index in [-0.39, 0.29) is 29.6 Å². The molecule has 7 nitrogen and oxygen atoms in total. The van der Waals surface area contributed by atoms with Crippen LogP contribution in [0.15, 0.2) is 60.4 Å². The number of nitrogens with zero attached hydrogens (tertiary/aromatic N) is 2. The summed E-state index contributed by atoms with van der Waals surface area (Å²) in [6, 6.07) is 16.1. The van der Waals surface area contributed by atoms with Gasteiger partial charge in [-0.05, 0) is 42.4 Å². The van der Waals surface area contributed by atoms with Crippen molar-refractivity contribution in [3.8, 4) is 5.75 Å². The van der Waals surface area contributed by atoms with Gasteiger partial charge in [-0.25, -0.2) is 4.79 Å². The molecule has 3 aliphatic rings. The predicted molar refractivity (Wildman–Crippen MR) is 142 cm³/mol. The Morgan fingerprint density at radius 2 is 1.89 bits per heavy atom. The van der Waals surface area contributed by atoms with Gasteiger partial charge in [0.1, 0.15) is 11.3 Å². The zero-order chi connectivity index (χ0) is 26.2. The largest absolute Gasteiger partial charge is 0.504 e. The molecule has 0 radical (unpaired) electrons. The summed E-state index contributed by atoms with van der Waals surface area (Å²) < 4.78 is 16.2. The molecule has 2 fully saturated rings. The zero-order valence-corrected chi connectivity index (χ0v) is 22.1. The number of ketones is 1. The first kappa shape index (κ1) is 25.3. The van der Waals surface area contributed by atoms with E-state index in [1.807, 2.05) is 36.4 Å². The van der Waals surface area contributed by atoms with Gasteiger partial charge in [-0.15, -0.1) is 0 Å². The highest BCUT2D eigenvalue weighted by molar-refractivity contribution is 6.16. The van der Waals surface area contributed by atoms with Gasteiger partial charge in [-0.3, -0.25) is 9.69 Å². The number of anilines is 1. The first-order valence-corrected chi connectivity index (χ1v) is 13.1. The molecule has 5 rings (SSSR count). The molecule has 0 aromatic heterocycles. The van der Waals surface area contributed by atoms with Crippen LogP contribution in [0.1, 0.15) is 42.1 Å². The molecule has 0 amide bonds. The number of ether oxygens (including phenoxy) is 3. The Morgan fingerprint density at radius 1 is 1.11 bits per heavy atom. The number of carbonyl (C=O) groups is 2. The van der Waals surface area contributed by atoms with Crippen LogP contribution in [-0.4, -0.2) is 62.7 Å². The van der Waals surface area contributed by atoms with Crippen LogP contribution < -0.4 is 9.64 Å². The summed E-state index contributed by atoms with van der Waals surface area (Å²) in [6.07, 6.45) is 3.86. The van der Waals surface area contributed by atoms with Crippen molar-refractivity contribution in [2.45, 2.75) is 44.3 Å². The lowest BCUT2D eigenvalue weighted by molar-refractivity contribution is -0.137. The molecule has 0 saturated carbocycles. The maximum absolute atomic E-state index is 14.5. The van der Waals surface area contributed by atoms with Crippen molar-refractivity contribution in [2.24, 2.45) is 11.8 Å². The molecular weight excluding hydrogens is 468 g/mol. The number of esters is 1. The Hall–Kier alpha value is -3.32. The van der Waals surface area contributed by atoms with Crippen molar-refractivity contribution in [3.63, 3.8) is 0 Å². The fraction of sp³-hybridized carbons (Fsp3) is 0.467. The second-order valence-corrected chi connectivity index (χ2v) is 10.3. The number of hydrogen-bond acceptors (Lipinski definition) is 7. The maximum Gasteiger partial charge on any atom is 0.337 e. The maximum atomic E-state index is 14.5. The van der Waals surface area contributed by atoms with E-state index in [0.717, 1.165) is 37.2 Å². The molecule has 1 spiro atoms. The number of carbonyl (C=O) groups excluding carboxylic acids is 2. The normalized spacial score (nSPS) is 27.2. The molecule has 1 unspecified atom stereocenters. The van der Waals surface area contributed by atoms with Crippen molar-refractivity contribution in [3.05, 3.63) is 71.5 Å². The lowest BCUT2D eigenvalue weighted by Crippen LogP contribution is -2.61. The lowest BCUT2D eigenvalue weighted by atomic mass is 9.71. The highest BCUT2D eigenvalue weighted by atomic mass is 16.5. The summed E-state index contributed by atoms with van der Waals surface area (Å²) in [4.78, 5) is 32.1. The SMILES string of the molecule is CC[C@@H]1CN2CC[C@@]3(C(=O)c4c(OC)cccc4N3Cc3ccccc3)C2C[C@@H]1/C(=C/OC)C(=O)OC. The van der Waals surface area contributed by atoms with Crippen molar-refractivity contribution < 1.29 is 23.8 Å². The summed E-state index contributed by atoms with van der Waals surface area (Å²) in [7, 11) is 4.59. The third-order valence-electron chi connectivity index (χ3n) is 8.68. The van der Waals surface area contributed by atoms with Crippen LogP contribution in [-0.2, 0) is 20.8 Å². The van der Waals surface area contributed by atoms with Crippen LogP contribution >= 0.6 is 0 Å². The number of rotatable bonds is 7. The summed E-state index contributed by atoms with van der Waals surface area (Å²) in [5.74, 6) is 0.569. The van der Waals surface area contributed by atoms with Gasteiger partial charge < -0.3 is 19.1 Å². The van der Waals surface area contributed by atoms with E-state index in [4.69, 9.17) is 14.2 Å². The van der Waals surface area contributed by atoms with Gasteiger partial charge in [0.05, 0.1) is 44.4 Å². The van der Waals surface area contributed by atoms with E-state index < -0.39 is 5.54 Å². The van der Waals surface area contributed by atoms with E-state index in [2.05, 4.69) is 28.9 Å². The lowest BCUT2D eigenvalue weighted by Gasteiger charge is -2.48. The Morgan fingerprint density at radius 3 is 2.57 bits per heavy atom. The standard InChI is InChI=1S/C30H36N2O5/c1-5-21-18-31-15-14-30(26(31)16-22(21)23(19-35-2)29(34)37-4)28(33)27-24(12-9-13-25(27)36-3)32(30)17-20-10-7-6-8-11-20/h6-13,19,21-22,26H,5,14-18H2,1-4H3/b23-19-/t21-,22+,26?,30+/m1/s1. The van der Waals surface area contributed by atoms with Crippen molar-refractivity contribution in [2.75, 3.05) is 39.3 Å². The molecular formula is C30H36N2O5. The van der Waals surface area contributed by atoms with Crippen LogP contribution in [0.5, 0.6) is 5.75 Å². The van der Waals surface area contributed by atoms with E-state index in [1.165, 1.54) is 13.4 Å². The summed E-state index contributed by atoms with van der Waals surface area (Å²) in [5, 5.41) is 0. The average molecular weight is 505 g/mol. The molecule has 2 saturated heterocycles. The molecule has 2 aromatic rings. The Kier molecular flexibility index (Phi) is 6.99. The molecule has 0 aliphatic carbocycles. The van der Waals surface area contributed by atoms with Crippen molar-refractivity contribution in [1.29, 1.82) is 0 Å². The minimum Gasteiger partial charge on any atom is -0.504 e. The smallest absolute Gasteiger partial charge is 0.337 e. The van der Waals surface area contributed by atoms with Crippen LogP contribution in [0.2, 0.25) is 0 Å². The summed E-state index contributed by atoms with van der Waals surface area (Å²) in [5.41, 5.74) is 2.55. The van der Waals surface area contributed by atoms with E-state index in [0.29, 0.717) is 29.9 Å². The summed E-state index contributed by atoms with van der Waals surface area (Å²) >= 11 is 0. The van der Waals surface area contributed by atoms with Crippen LogP contribution in [0.25, 0.3) is 0 Å². The zero-order valence-electron chi connectivity index (χ0n) is 22.1. The minimum atomic E-state index is -0.738. The first-order valence-electron chi connectivity index (χ1n) is 13.1. The van der Waals surface area contributed by atoms with E-state index in [9.17, 15) is 9.59 Å². The predicted octanol–water partition coefficient (Wildman–Crippen LogP) is 4.46. The van der Waals surface area contributed by atoms with Crippen LogP contribution in [0, 0.1) is 11.8 Å². The second-order valence-electron chi connectivity index (χ2n) is 10.3. The van der Waals surface area contributed by atoms with Crippen molar-refractivity contribution >= 4 is 17.4 Å².